The Morgan fingerprint density at radius 2 is 2.06 bits per heavy atom. The van der Waals surface area contributed by atoms with Crippen LogP contribution in [0, 0.1) is 5.92 Å². The van der Waals surface area contributed by atoms with E-state index in [0.717, 1.165) is 13.0 Å². The molecule has 5 nitrogen and oxygen atoms in total. The fourth-order valence-electron chi connectivity index (χ4n) is 1.05. The summed E-state index contributed by atoms with van der Waals surface area (Å²) in [4.78, 5) is 11.3. The zero-order valence-corrected chi connectivity index (χ0v) is 10.5. The normalized spacial score (nSPS) is 12.8. The van der Waals surface area contributed by atoms with Gasteiger partial charge in [-0.25, -0.2) is 0 Å². The van der Waals surface area contributed by atoms with E-state index in [2.05, 4.69) is 19.2 Å². The average Bonchev–Trinajstić information content (AvgIpc) is 2.22. The smallest absolute Gasteiger partial charge is 0.239 e. The molecule has 0 aliphatic heterocycles. The molecule has 0 aromatic heterocycles. The second-order valence-electron chi connectivity index (χ2n) is 4.15. The predicted molar refractivity (Wildman–Crippen MR) is 63.1 cm³/mol. The third-order valence-corrected chi connectivity index (χ3v) is 2.07. The summed E-state index contributed by atoms with van der Waals surface area (Å²) in [6.45, 7) is 6.29. The van der Waals surface area contributed by atoms with E-state index in [1.165, 1.54) is 7.11 Å². The largest absolute Gasteiger partial charge is 0.383 e. The third kappa shape index (κ3) is 8.64. The number of ether oxygens (including phenoxy) is 2. The fraction of sp³-hybridized carbons (Fsp3) is 0.909. The molecule has 1 amide bonds. The van der Waals surface area contributed by atoms with Crippen molar-refractivity contribution in [3.8, 4) is 0 Å². The number of hydrogen-bond donors (Lipinski definition) is 2. The number of carbonyl (C=O) groups is 1. The van der Waals surface area contributed by atoms with Crippen molar-refractivity contribution >= 4 is 5.91 Å². The first-order valence-electron chi connectivity index (χ1n) is 5.68. The summed E-state index contributed by atoms with van der Waals surface area (Å²) in [7, 11) is 1.52. The van der Waals surface area contributed by atoms with E-state index in [-0.39, 0.29) is 12.5 Å². The average molecular weight is 232 g/mol. The van der Waals surface area contributed by atoms with E-state index in [0.29, 0.717) is 19.1 Å². The number of nitrogens with one attached hydrogen (secondary N) is 1. The molecule has 0 rings (SSSR count). The quantitative estimate of drug-likeness (QED) is 0.555. The highest BCUT2D eigenvalue weighted by atomic mass is 16.5. The molecular formula is C11H24N2O3. The molecule has 0 radical (unpaired) electrons. The van der Waals surface area contributed by atoms with Crippen LogP contribution in [0.25, 0.3) is 0 Å². The van der Waals surface area contributed by atoms with Crippen LogP contribution in [-0.2, 0) is 14.3 Å². The van der Waals surface area contributed by atoms with Gasteiger partial charge in [-0.3, -0.25) is 4.79 Å². The van der Waals surface area contributed by atoms with Crippen LogP contribution in [0.15, 0.2) is 0 Å². The Labute approximate surface area is 97.7 Å². The van der Waals surface area contributed by atoms with Gasteiger partial charge in [-0.1, -0.05) is 13.8 Å². The lowest BCUT2D eigenvalue weighted by Crippen LogP contribution is -2.44. The van der Waals surface area contributed by atoms with Crippen molar-refractivity contribution in [2.24, 2.45) is 11.7 Å². The Kier molecular flexibility index (Phi) is 9.18. The van der Waals surface area contributed by atoms with Crippen molar-refractivity contribution in [2.75, 3.05) is 33.5 Å². The highest BCUT2D eigenvalue weighted by Gasteiger charge is 2.11. The highest BCUT2D eigenvalue weighted by Crippen LogP contribution is 1.98. The molecule has 0 bridgehead atoms. The molecule has 96 valence electrons. The van der Waals surface area contributed by atoms with Crippen molar-refractivity contribution in [1.29, 1.82) is 0 Å². The molecule has 5 heteroatoms. The van der Waals surface area contributed by atoms with Crippen LogP contribution in [0.1, 0.15) is 20.3 Å². The Balaban J connectivity index is 3.34. The van der Waals surface area contributed by atoms with E-state index < -0.39 is 6.04 Å². The van der Waals surface area contributed by atoms with E-state index in [1.54, 1.807) is 0 Å². The molecule has 3 N–H and O–H groups in total. The Bertz CT molecular complexity index is 186. The van der Waals surface area contributed by atoms with Crippen LogP contribution in [0.4, 0.5) is 0 Å². The second-order valence-corrected chi connectivity index (χ2v) is 4.15. The minimum absolute atomic E-state index is 0.200. The molecule has 0 heterocycles. The summed E-state index contributed by atoms with van der Waals surface area (Å²) >= 11 is 0. The summed E-state index contributed by atoms with van der Waals surface area (Å²) in [6, 6.07) is -0.597. The molecule has 0 aliphatic carbocycles. The summed E-state index contributed by atoms with van der Waals surface area (Å²) in [5.41, 5.74) is 5.53. The van der Waals surface area contributed by atoms with E-state index in [9.17, 15) is 4.79 Å². The van der Waals surface area contributed by atoms with Crippen LogP contribution in [0.3, 0.4) is 0 Å². The van der Waals surface area contributed by atoms with Crippen LogP contribution in [-0.4, -0.2) is 45.4 Å². The lowest BCUT2D eigenvalue weighted by atomic mass is 10.1. The molecule has 0 fully saturated rings. The van der Waals surface area contributed by atoms with Gasteiger partial charge < -0.3 is 20.5 Å². The molecule has 0 saturated carbocycles. The standard InChI is InChI=1S/C11H24N2O3/c1-9(2)4-6-16-7-5-13-11(14)10(12)8-15-3/h9-10H,4-8,12H2,1-3H3,(H,13,14). The number of carbonyl (C=O) groups excluding carboxylic acids is 1. The van der Waals surface area contributed by atoms with Crippen molar-refractivity contribution in [2.45, 2.75) is 26.3 Å². The molecule has 16 heavy (non-hydrogen) atoms. The van der Waals surface area contributed by atoms with Crippen LogP contribution in [0.5, 0.6) is 0 Å². The lowest BCUT2D eigenvalue weighted by Gasteiger charge is -2.11. The van der Waals surface area contributed by atoms with Gasteiger partial charge in [0.05, 0.1) is 13.2 Å². The fourth-order valence-corrected chi connectivity index (χ4v) is 1.05. The maximum absolute atomic E-state index is 11.3. The van der Waals surface area contributed by atoms with Gasteiger partial charge in [-0.2, -0.15) is 0 Å². The maximum atomic E-state index is 11.3. The van der Waals surface area contributed by atoms with Gasteiger partial charge in [0.15, 0.2) is 0 Å². The summed E-state index contributed by atoms with van der Waals surface area (Å²) in [6.07, 6.45) is 1.04. The van der Waals surface area contributed by atoms with Gasteiger partial charge >= 0.3 is 0 Å². The van der Waals surface area contributed by atoms with Crippen LogP contribution >= 0.6 is 0 Å². The number of amides is 1. The minimum atomic E-state index is -0.597. The van der Waals surface area contributed by atoms with Crippen LogP contribution < -0.4 is 11.1 Å². The number of methoxy groups -OCH3 is 1. The lowest BCUT2D eigenvalue weighted by molar-refractivity contribution is -0.123. The number of hydrogen-bond acceptors (Lipinski definition) is 4. The maximum Gasteiger partial charge on any atom is 0.239 e. The number of rotatable bonds is 9. The van der Waals surface area contributed by atoms with Crippen molar-refractivity contribution < 1.29 is 14.3 Å². The zero-order valence-electron chi connectivity index (χ0n) is 10.5. The minimum Gasteiger partial charge on any atom is -0.383 e. The van der Waals surface area contributed by atoms with Gasteiger partial charge in [0, 0.05) is 20.3 Å². The van der Waals surface area contributed by atoms with Crippen molar-refractivity contribution in [1.82, 2.24) is 5.32 Å². The molecule has 0 spiro atoms. The molecule has 1 atom stereocenters. The SMILES string of the molecule is COCC(N)C(=O)NCCOCCC(C)C. The third-order valence-electron chi connectivity index (χ3n) is 2.07. The van der Waals surface area contributed by atoms with Gasteiger partial charge in [0.25, 0.3) is 0 Å². The first kappa shape index (κ1) is 15.3. The molecule has 0 aliphatic rings. The monoisotopic (exact) mass is 232 g/mol. The number of nitrogens with two attached hydrogens (primary N) is 1. The van der Waals surface area contributed by atoms with Crippen molar-refractivity contribution in [3.05, 3.63) is 0 Å². The summed E-state index contributed by atoms with van der Waals surface area (Å²) < 4.78 is 10.1. The Morgan fingerprint density at radius 3 is 2.62 bits per heavy atom. The van der Waals surface area contributed by atoms with E-state index in [1.807, 2.05) is 0 Å². The molecule has 0 aromatic rings. The zero-order chi connectivity index (χ0) is 12.4. The Morgan fingerprint density at radius 1 is 1.38 bits per heavy atom. The summed E-state index contributed by atoms with van der Waals surface area (Å²) in [5.74, 6) is 0.444. The molecular weight excluding hydrogens is 208 g/mol. The predicted octanol–water partition coefficient (Wildman–Crippen LogP) is 0.139. The van der Waals surface area contributed by atoms with E-state index in [4.69, 9.17) is 15.2 Å². The second kappa shape index (κ2) is 9.57. The topological polar surface area (TPSA) is 73.6 Å². The molecule has 0 aromatic carbocycles. The van der Waals surface area contributed by atoms with Gasteiger partial charge in [0.2, 0.25) is 5.91 Å². The highest BCUT2D eigenvalue weighted by molar-refractivity contribution is 5.81. The van der Waals surface area contributed by atoms with Crippen molar-refractivity contribution in [3.63, 3.8) is 0 Å². The van der Waals surface area contributed by atoms with Gasteiger partial charge in [-0.05, 0) is 12.3 Å². The first-order valence-corrected chi connectivity index (χ1v) is 5.68. The Hall–Kier alpha value is -0.650. The molecule has 0 saturated heterocycles. The first-order chi connectivity index (χ1) is 7.57. The van der Waals surface area contributed by atoms with Gasteiger partial charge in [0.1, 0.15) is 6.04 Å². The molecule has 1 unspecified atom stereocenters. The van der Waals surface area contributed by atoms with Crippen LogP contribution in [0.2, 0.25) is 0 Å². The van der Waals surface area contributed by atoms with E-state index >= 15 is 0 Å². The summed E-state index contributed by atoms with van der Waals surface area (Å²) in [5, 5.41) is 2.69. The van der Waals surface area contributed by atoms with Gasteiger partial charge in [-0.15, -0.1) is 0 Å².